The van der Waals surface area contributed by atoms with Crippen LogP contribution < -0.4 is 5.73 Å². The molecule has 0 amide bonds. The molecule has 0 spiro atoms. The maximum absolute atomic E-state index is 13.2. The third kappa shape index (κ3) is 2.25. The fourth-order valence-electron chi connectivity index (χ4n) is 2.22. The zero-order valence-electron chi connectivity index (χ0n) is 10.2. The van der Waals surface area contributed by atoms with Gasteiger partial charge in [0.1, 0.15) is 5.82 Å². The Morgan fingerprint density at radius 3 is 3.00 bits per heavy atom. The molecular weight excluding hydrogens is 217 g/mol. The molecule has 1 heterocycles. The van der Waals surface area contributed by atoms with E-state index in [0.717, 1.165) is 12.0 Å². The molecule has 2 atom stereocenters. The number of benzene rings is 1. The van der Waals surface area contributed by atoms with Crippen molar-refractivity contribution in [2.45, 2.75) is 32.4 Å². The molecule has 1 aromatic carbocycles. The Labute approximate surface area is 101 Å². The number of guanidine groups is 1. The van der Waals surface area contributed by atoms with E-state index in [9.17, 15) is 4.39 Å². The fraction of sp³-hybridized carbons (Fsp3) is 0.462. The summed E-state index contributed by atoms with van der Waals surface area (Å²) in [6.07, 6.45) is 0.988. The van der Waals surface area contributed by atoms with Gasteiger partial charge in [0, 0.05) is 6.04 Å². The summed E-state index contributed by atoms with van der Waals surface area (Å²) in [5.41, 5.74) is 6.84. The minimum Gasteiger partial charge on any atom is -0.370 e. The summed E-state index contributed by atoms with van der Waals surface area (Å²) in [5, 5.41) is 0. The highest BCUT2D eigenvalue weighted by atomic mass is 19.1. The van der Waals surface area contributed by atoms with Crippen LogP contribution in [0, 0.1) is 5.82 Å². The highest BCUT2D eigenvalue weighted by Gasteiger charge is 2.30. The van der Waals surface area contributed by atoms with Gasteiger partial charge in [-0.15, -0.1) is 0 Å². The summed E-state index contributed by atoms with van der Waals surface area (Å²) >= 11 is 0. The van der Waals surface area contributed by atoms with E-state index < -0.39 is 0 Å². The molecule has 3 nitrogen and oxygen atoms in total. The first-order valence-corrected chi connectivity index (χ1v) is 5.97. The normalized spacial score (nSPS) is 21.5. The molecule has 4 heteroatoms. The SMILES string of the molecule is CCC(C)N1C(N)=NCC1c1cccc(F)c1. The summed E-state index contributed by atoms with van der Waals surface area (Å²) in [6, 6.07) is 7.06. The van der Waals surface area contributed by atoms with Crippen LogP contribution in [0.25, 0.3) is 0 Å². The molecule has 1 aromatic rings. The largest absolute Gasteiger partial charge is 0.370 e. The lowest BCUT2D eigenvalue weighted by molar-refractivity contribution is 0.268. The van der Waals surface area contributed by atoms with Crippen LogP contribution in [-0.2, 0) is 0 Å². The van der Waals surface area contributed by atoms with Crippen molar-refractivity contribution in [1.82, 2.24) is 4.90 Å². The van der Waals surface area contributed by atoms with Gasteiger partial charge in [-0.3, -0.25) is 4.99 Å². The first kappa shape index (κ1) is 11.9. The van der Waals surface area contributed by atoms with Crippen LogP contribution in [-0.4, -0.2) is 23.4 Å². The van der Waals surface area contributed by atoms with E-state index in [1.54, 1.807) is 12.1 Å². The topological polar surface area (TPSA) is 41.6 Å². The van der Waals surface area contributed by atoms with Crippen molar-refractivity contribution in [2.24, 2.45) is 10.7 Å². The average molecular weight is 235 g/mol. The van der Waals surface area contributed by atoms with Crippen molar-refractivity contribution >= 4 is 5.96 Å². The average Bonchev–Trinajstić information content (AvgIpc) is 2.70. The molecule has 0 aliphatic carbocycles. The second-order valence-electron chi connectivity index (χ2n) is 4.43. The van der Waals surface area contributed by atoms with Crippen LogP contribution in [0.1, 0.15) is 31.9 Å². The van der Waals surface area contributed by atoms with E-state index in [2.05, 4.69) is 23.7 Å². The highest BCUT2D eigenvalue weighted by molar-refractivity contribution is 5.80. The van der Waals surface area contributed by atoms with Crippen molar-refractivity contribution in [2.75, 3.05) is 6.54 Å². The zero-order valence-corrected chi connectivity index (χ0v) is 10.2. The first-order chi connectivity index (χ1) is 8.13. The number of nitrogens with two attached hydrogens (primary N) is 1. The van der Waals surface area contributed by atoms with E-state index in [1.807, 2.05) is 6.07 Å². The predicted octanol–water partition coefficient (Wildman–Crippen LogP) is 2.30. The van der Waals surface area contributed by atoms with Gasteiger partial charge in [0.25, 0.3) is 0 Å². The van der Waals surface area contributed by atoms with Gasteiger partial charge in [-0.1, -0.05) is 19.1 Å². The molecule has 0 radical (unpaired) electrons. The maximum atomic E-state index is 13.2. The molecule has 92 valence electrons. The Kier molecular flexibility index (Phi) is 3.31. The summed E-state index contributed by atoms with van der Waals surface area (Å²) < 4.78 is 13.2. The van der Waals surface area contributed by atoms with E-state index >= 15 is 0 Å². The van der Waals surface area contributed by atoms with Crippen molar-refractivity contribution < 1.29 is 4.39 Å². The molecule has 0 saturated carbocycles. The van der Waals surface area contributed by atoms with Gasteiger partial charge in [-0.05, 0) is 31.0 Å². The number of halogens is 1. The van der Waals surface area contributed by atoms with Crippen molar-refractivity contribution in [3.05, 3.63) is 35.6 Å². The standard InChI is InChI=1S/C13H18FN3/c1-3-9(2)17-12(8-16-13(17)15)10-5-4-6-11(14)7-10/h4-7,9,12H,3,8H2,1-2H3,(H2,15,16). The van der Waals surface area contributed by atoms with E-state index in [0.29, 0.717) is 18.5 Å². The second kappa shape index (κ2) is 4.73. The van der Waals surface area contributed by atoms with Gasteiger partial charge in [0.05, 0.1) is 12.6 Å². The van der Waals surface area contributed by atoms with E-state index in [4.69, 9.17) is 5.73 Å². The van der Waals surface area contributed by atoms with Crippen molar-refractivity contribution in [1.29, 1.82) is 0 Å². The molecule has 1 aliphatic rings. The monoisotopic (exact) mass is 235 g/mol. The second-order valence-corrected chi connectivity index (χ2v) is 4.43. The summed E-state index contributed by atoms with van der Waals surface area (Å²) in [7, 11) is 0. The first-order valence-electron chi connectivity index (χ1n) is 5.97. The lowest BCUT2D eigenvalue weighted by Crippen LogP contribution is -2.42. The van der Waals surface area contributed by atoms with E-state index in [-0.39, 0.29) is 11.9 Å². The van der Waals surface area contributed by atoms with Gasteiger partial charge in [-0.2, -0.15) is 0 Å². The van der Waals surface area contributed by atoms with Gasteiger partial charge < -0.3 is 10.6 Å². The smallest absolute Gasteiger partial charge is 0.192 e. The van der Waals surface area contributed by atoms with Crippen LogP contribution in [0.15, 0.2) is 29.3 Å². The maximum Gasteiger partial charge on any atom is 0.192 e. The molecule has 1 aliphatic heterocycles. The molecule has 0 fully saturated rings. The molecule has 2 N–H and O–H groups in total. The Hall–Kier alpha value is -1.58. The third-order valence-corrected chi connectivity index (χ3v) is 3.33. The summed E-state index contributed by atoms with van der Waals surface area (Å²) in [6.45, 7) is 4.83. The van der Waals surface area contributed by atoms with Crippen LogP contribution >= 0.6 is 0 Å². The van der Waals surface area contributed by atoms with Gasteiger partial charge in [0.15, 0.2) is 5.96 Å². The Morgan fingerprint density at radius 2 is 2.35 bits per heavy atom. The molecular formula is C13H18FN3. The lowest BCUT2D eigenvalue weighted by Gasteiger charge is -2.32. The highest BCUT2D eigenvalue weighted by Crippen LogP contribution is 2.28. The van der Waals surface area contributed by atoms with Crippen LogP contribution in [0.2, 0.25) is 0 Å². The minimum absolute atomic E-state index is 0.0700. The number of hydrogen-bond acceptors (Lipinski definition) is 3. The number of aliphatic imine (C=N–C) groups is 1. The summed E-state index contributed by atoms with van der Waals surface area (Å²) in [4.78, 5) is 6.35. The van der Waals surface area contributed by atoms with Crippen LogP contribution in [0.4, 0.5) is 4.39 Å². The Balaban J connectivity index is 2.27. The van der Waals surface area contributed by atoms with Gasteiger partial charge in [0.2, 0.25) is 0 Å². The molecule has 2 rings (SSSR count). The molecule has 17 heavy (non-hydrogen) atoms. The predicted molar refractivity (Wildman–Crippen MR) is 67.2 cm³/mol. The van der Waals surface area contributed by atoms with Gasteiger partial charge >= 0.3 is 0 Å². The number of nitrogens with zero attached hydrogens (tertiary/aromatic N) is 2. The number of rotatable bonds is 3. The zero-order chi connectivity index (χ0) is 12.4. The lowest BCUT2D eigenvalue weighted by atomic mass is 10.0. The minimum atomic E-state index is -0.211. The molecule has 0 saturated heterocycles. The Bertz CT molecular complexity index is 430. The molecule has 0 bridgehead atoms. The van der Waals surface area contributed by atoms with Crippen LogP contribution in [0.5, 0.6) is 0 Å². The Morgan fingerprint density at radius 1 is 1.59 bits per heavy atom. The van der Waals surface area contributed by atoms with Gasteiger partial charge in [-0.25, -0.2) is 4.39 Å². The molecule has 0 aromatic heterocycles. The van der Waals surface area contributed by atoms with E-state index in [1.165, 1.54) is 6.07 Å². The van der Waals surface area contributed by atoms with Crippen molar-refractivity contribution in [3.8, 4) is 0 Å². The van der Waals surface area contributed by atoms with Crippen molar-refractivity contribution in [3.63, 3.8) is 0 Å². The number of hydrogen-bond donors (Lipinski definition) is 1. The fourth-order valence-corrected chi connectivity index (χ4v) is 2.22. The third-order valence-electron chi connectivity index (χ3n) is 3.33. The molecule has 2 unspecified atom stereocenters. The summed E-state index contributed by atoms with van der Waals surface area (Å²) in [5.74, 6) is 0.352. The van der Waals surface area contributed by atoms with Crippen LogP contribution in [0.3, 0.4) is 0 Å². The quantitative estimate of drug-likeness (QED) is 0.873.